The number of hydrogen-bond donors (Lipinski definition) is 1. The van der Waals surface area contributed by atoms with Crippen LogP contribution in [0.1, 0.15) is 24.5 Å². The van der Waals surface area contributed by atoms with Gasteiger partial charge in [0, 0.05) is 6.04 Å². The van der Waals surface area contributed by atoms with Crippen LogP contribution in [0.25, 0.3) is 16.8 Å². The first-order valence-electron chi connectivity index (χ1n) is 6.22. The van der Waals surface area contributed by atoms with Crippen molar-refractivity contribution in [3.05, 3.63) is 53.1 Å². The SMILES string of the molecule is CC(N)C1=Cc2ccc3ccccc3c2CC1. The van der Waals surface area contributed by atoms with E-state index in [0.717, 1.165) is 12.8 Å². The Morgan fingerprint density at radius 2 is 1.88 bits per heavy atom. The van der Waals surface area contributed by atoms with E-state index < -0.39 is 0 Å². The van der Waals surface area contributed by atoms with Gasteiger partial charge in [-0.2, -0.15) is 0 Å². The molecule has 0 bridgehead atoms. The van der Waals surface area contributed by atoms with Crippen LogP contribution in [0.2, 0.25) is 0 Å². The molecule has 0 aliphatic heterocycles. The number of rotatable bonds is 1. The van der Waals surface area contributed by atoms with Crippen LogP contribution < -0.4 is 5.73 Å². The molecule has 0 spiro atoms. The van der Waals surface area contributed by atoms with Gasteiger partial charge in [0.25, 0.3) is 0 Å². The summed E-state index contributed by atoms with van der Waals surface area (Å²) >= 11 is 0. The fourth-order valence-electron chi connectivity index (χ4n) is 2.67. The molecule has 1 nitrogen and oxygen atoms in total. The van der Waals surface area contributed by atoms with E-state index in [1.54, 1.807) is 0 Å². The average Bonchev–Trinajstić information content (AvgIpc) is 2.38. The van der Waals surface area contributed by atoms with Crippen LogP contribution in [0.4, 0.5) is 0 Å². The van der Waals surface area contributed by atoms with Gasteiger partial charge < -0.3 is 5.73 Å². The van der Waals surface area contributed by atoms with Crippen LogP contribution in [0.3, 0.4) is 0 Å². The molecule has 1 aliphatic carbocycles. The molecule has 17 heavy (non-hydrogen) atoms. The summed E-state index contributed by atoms with van der Waals surface area (Å²) in [6.07, 6.45) is 4.48. The van der Waals surface area contributed by atoms with Gasteiger partial charge in [0.1, 0.15) is 0 Å². The van der Waals surface area contributed by atoms with Crippen molar-refractivity contribution in [2.24, 2.45) is 5.73 Å². The lowest BCUT2D eigenvalue weighted by Gasteiger charge is -2.20. The molecular formula is C16H17N. The average molecular weight is 223 g/mol. The third-order valence-corrected chi connectivity index (χ3v) is 3.67. The molecule has 1 unspecified atom stereocenters. The first-order chi connectivity index (χ1) is 8.25. The predicted octanol–water partition coefficient (Wildman–Crippen LogP) is 3.52. The van der Waals surface area contributed by atoms with Crippen molar-refractivity contribution in [1.82, 2.24) is 0 Å². The lowest BCUT2D eigenvalue weighted by atomic mass is 9.86. The number of fused-ring (bicyclic) bond motifs is 3. The second-order valence-electron chi connectivity index (χ2n) is 4.86. The van der Waals surface area contributed by atoms with Gasteiger partial charge in [0.2, 0.25) is 0 Å². The Morgan fingerprint density at radius 1 is 1.06 bits per heavy atom. The van der Waals surface area contributed by atoms with Crippen molar-refractivity contribution in [1.29, 1.82) is 0 Å². The standard InChI is InChI=1S/C16H17N/c1-11(17)13-8-9-16-14(10-13)7-6-12-4-2-3-5-15(12)16/h2-7,10-11H,8-9,17H2,1H3. The van der Waals surface area contributed by atoms with E-state index in [4.69, 9.17) is 5.73 Å². The molecule has 3 rings (SSSR count). The van der Waals surface area contributed by atoms with Crippen molar-refractivity contribution in [3.8, 4) is 0 Å². The molecule has 0 amide bonds. The minimum absolute atomic E-state index is 0.176. The first kappa shape index (κ1) is 10.5. The van der Waals surface area contributed by atoms with Gasteiger partial charge in [-0.25, -0.2) is 0 Å². The van der Waals surface area contributed by atoms with E-state index in [1.165, 1.54) is 27.5 Å². The zero-order chi connectivity index (χ0) is 11.8. The Bertz CT molecular complexity index is 593. The maximum Gasteiger partial charge on any atom is 0.0228 e. The molecule has 0 aromatic heterocycles. The van der Waals surface area contributed by atoms with Crippen molar-refractivity contribution in [3.63, 3.8) is 0 Å². The van der Waals surface area contributed by atoms with E-state index in [1.807, 2.05) is 0 Å². The molecule has 1 atom stereocenters. The topological polar surface area (TPSA) is 26.0 Å². The van der Waals surface area contributed by atoms with E-state index in [0.29, 0.717) is 0 Å². The maximum atomic E-state index is 5.97. The Morgan fingerprint density at radius 3 is 2.71 bits per heavy atom. The largest absolute Gasteiger partial charge is 0.324 e. The quantitative estimate of drug-likeness (QED) is 0.786. The third kappa shape index (κ3) is 1.77. The fraction of sp³-hybridized carbons (Fsp3) is 0.250. The van der Waals surface area contributed by atoms with E-state index in [-0.39, 0.29) is 6.04 Å². The maximum absolute atomic E-state index is 5.97. The lowest BCUT2D eigenvalue weighted by Crippen LogP contribution is -2.20. The van der Waals surface area contributed by atoms with Crippen LogP contribution in [-0.2, 0) is 6.42 Å². The molecule has 1 aliphatic rings. The lowest BCUT2D eigenvalue weighted by molar-refractivity contribution is 0.780. The number of aryl methyl sites for hydroxylation is 1. The van der Waals surface area contributed by atoms with Gasteiger partial charge in [0.05, 0.1) is 0 Å². The van der Waals surface area contributed by atoms with Crippen molar-refractivity contribution in [2.75, 3.05) is 0 Å². The zero-order valence-corrected chi connectivity index (χ0v) is 10.1. The normalized spacial score (nSPS) is 16.5. The molecule has 0 radical (unpaired) electrons. The predicted molar refractivity (Wildman–Crippen MR) is 73.9 cm³/mol. The summed E-state index contributed by atoms with van der Waals surface area (Å²) in [5.74, 6) is 0. The minimum Gasteiger partial charge on any atom is -0.324 e. The highest BCUT2D eigenvalue weighted by molar-refractivity contribution is 5.89. The van der Waals surface area contributed by atoms with Gasteiger partial charge >= 0.3 is 0 Å². The second kappa shape index (κ2) is 4.01. The molecule has 86 valence electrons. The number of benzene rings is 2. The summed E-state index contributed by atoms with van der Waals surface area (Å²) < 4.78 is 0. The van der Waals surface area contributed by atoms with Gasteiger partial charge in [-0.05, 0) is 41.7 Å². The van der Waals surface area contributed by atoms with E-state index in [2.05, 4.69) is 49.4 Å². The van der Waals surface area contributed by atoms with Crippen LogP contribution in [0.5, 0.6) is 0 Å². The molecule has 2 aromatic rings. The molecule has 0 saturated heterocycles. The summed E-state index contributed by atoms with van der Waals surface area (Å²) in [7, 11) is 0. The number of hydrogen-bond acceptors (Lipinski definition) is 1. The summed E-state index contributed by atoms with van der Waals surface area (Å²) in [5.41, 5.74) is 10.2. The highest BCUT2D eigenvalue weighted by Crippen LogP contribution is 2.31. The monoisotopic (exact) mass is 223 g/mol. The van der Waals surface area contributed by atoms with Gasteiger partial charge in [0.15, 0.2) is 0 Å². The highest BCUT2D eigenvalue weighted by atomic mass is 14.6. The fourth-order valence-corrected chi connectivity index (χ4v) is 2.67. The van der Waals surface area contributed by atoms with Crippen molar-refractivity contribution >= 4 is 16.8 Å². The van der Waals surface area contributed by atoms with Gasteiger partial charge in [-0.15, -0.1) is 0 Å². The van der Waals surface area contributed by atoms with Crippen molar-refractivity contribution < 1.29 is 0 Å². The Kier molecular flexibility index (Phi) is 2.49. The Hall–Kier alpha value is -1.60. The molecule has 0 fully saturated rings. The first-order valence-corrected chi connectivity index (χ1v) is 6.22. The molecule has 0 heterocycles. The zero-order valence-electron chi connectivity index (χ0n) is 10.1. The second-order valence-corrected chi connectivity index (χ2v) is 4.86. The van der Waals surface area contributed by atoms with Crippen LogP contribution in [0, 0.1) is 0 Å². The molecule has 0 saturated carbocycles. The van der Waals surface area contributed by atoms with E-state index in [9.17, 15) is 0 Å². The Labute approximate surface area is 102 Å². The summed E-state index contributed by atoms with van der Waals surface area (Å²) in [6.45, 7) is 2.07. The van der Waals surface area contributed by atoms with Crippen molar-refractivity contribution in [2.45, 2.75) is 25.8 Å². The van der Waals surface area contributed by atoms with Gasteiger partial charge in [-0.1, -0.05) is 48.0 Å². The molecule has 2 aromatic carbocycles. The Balaban J connectivity index is 2.21. The van der Waals surface area contributed by atoms with E-state index >= 15 is 0 Å². The molecule has 2 N–H and O–H groups in total. The van der Waals surface area contributed by atoms with Crippen LogP contribution >= 0.6 is 0 Å². The van der Waals surface area contributed by atoms with Crippen LogP contribution in [0.15, 0.2) is 42.0 Å². The summed E-state index contributed by atoms with van der Waals surface area (Å²) in [4.78, 5) is 0. The van der Waals surface area contributed by atoms with Gasteiger partial charge in [-0.3, -0.25) is 0 Å². The summed E-state index contributed by atoms with van der Waals surface area (Å²) in [5, 5.41) is 2.73. The summed E-state index contributed by atoms with van der Waals surface area (Å²) in [6, 6.07) is 13.2. The third-order valence-electron chi connectivity index (χ3n) is 3.67. The molecule has 1 heteroatoms. The smallest absolute Gasteiger partial charge is 0.0228 e. The minimum atomic E-state index is 0.176. The highest BCUT2D eigenvalue weighted by Gasteiger charge is 2.14. The molecular weight excluding hydrogens is 206 g/mol. The number of nitrogens with two attached hydrogens (primary N) is 1. The van der Waals surface area contributed by atoms with Crippen LogP contribution in [-0.4, -0.2) is 6.04 Å².